The number of aryl methyl sites for hydroxylation is 2. The zero-order chi connectivity index (χ0) is 14.0. The number of carbonyl (C=O) groups excluding carboxylic acids is 1. The van der Waals surface area contributed by atoms with Gasteiger partial charge in [0.1, 0.15) is 5.60 Å². The van der Waals surface area contributed by atoms with Crippen LogP contribution in [0.3, 0.4) is 0 Å². The Morgan fingerprint density at radius 3 is 2.32 bits per heavy atom. The van der Waals surface area contributed by atoms with Crippen molar-refractivity contribution < 1.29 is 9.53 Å². The second kappa shape index (κ2) is 5.21. The van der Waals surface area contributed by atoms with Crippen LogP contribution in [-0.4, -0.2) is 24.8 Å². The summed E-state index contributed by atoms with van der Waals surface area (Å²) in [6.07, 6.45) is 1.50. The third-order valence-electron chi connectivity index (χ3n) is 3.71. The summed E-state index contributed by atoms with van der Waals surface area (Å²) in [7, 11) is 0. The molecule has 4 heteroatoms. The average molecular weight is 262 g/mol. The molecule has 1 aliphatic heterocycles. The van der Waals surface area contributed by atoms with Crippen LogP contribution in [-0.2, 0) is 17.6 Å². The van der Waals surface area contributed by atoms with E-state index in [4.69, 9.17) is 10.5 Å². The Labute approximate surface area is 114 Å². The van der Waals surface area contributed by atoms with Crippen LogP contribution in [0.4, 0.5) is 10.5 Å². The third kappa shape index (κ3) is 2.45. The van der Waals surface area contributed by atoms with Gasteiger partial charge < -0.3 is 10.5 Å². The van der Waals surface area contributed by atoms with E-state index in [0.717, 1.165) is 18.5 Å². The molecule has 2 N–H and O–H groups in total. The Morgan fingerprint density at radius 1 is 1.32 bits per heavy atom. The minimum absolute atomic E-state index is 0.288. The number of cyclic esters (lactones) is 1. The van der Waals surface area contributed by atoms with E-state index in [1.165, 1.54) is 11.1 Å². The monoisotopic (exact) mass is 262 g/mol. The van der Waals surface area contributed by atoms with E-state index in [1.54, 1.807) is 4.90 Å². The quantitative estimate of drug-likeness (QED) is 0.907. The van der Waals surface area contributed by atoms with Gasteiger partial charge in [0, 0.05) is 6.54 Å². The van der Waals surface area contributed by atoms with Crippen LogP contribution in [0, 0.1) is 0 Å². The van der Waals surface area contributed by atoms with Crippen LogP contribution in [0.1, 0.15) is 31.9 Å². The lowest BCUT2D eigenvalue weighted by Crippen LogP contribution is -2.39. The number of benzene rings is 1. The highest BCUT2D eigenvalue weighted by atomic mass is 16.6. The van der Waals surface area contributed by atoms with Gasteiger partial charge in [-0.05, 0) is 30.9 Å². The Bertz CT molecular complexity index is 465. The highest BCUT2D eigenvalue weighted by molar-refractivity contribution is 5.92. The molecule has 0 aliphatic carbocycles. The van der Waals surface area contributed by atoms with Gasteiger partial charge in [0.05, 0.1) is 12.2 Å². The topological polar surface area (TPSA) is 55.6 Å². The van der Waals surface area contributed by atoms with Crippen LogP contribution < -0.4 is 10.6 Å². The lowest BCUT2D eigenvalue weighted by atomic mass is 10.0. The SMILES string of the molecule is CCc1cccc(CC)c1N1CC(C)(CN)OC1=O. The van der Waals surface area contributed by atoms with Gasteiger partial charge >= 0.3 is 6.09 Å². The molecule has 1 aliphatic rings. The van der Waals surface area contributed by atoms with Crippen LogP contribution >= 0.6 is 0 Å². The molecule has 1 saturated heterocycles. The fraction of sp³-hybridized carbons (Fsp3) is 0.533. The van der Waals surface area contributed by atoms with E-state index < -0.39 is 5.60 Å². The lowest BCUT2D eigenvalue weighted by molar-refractivity contribution is 0.0789. The zero-order valence-electron chi connectivity index (χ0n) is 11.9. The minimum atomic E-state index is -0.580. The number of rotatable bonds is 4. The van der Waals surface area contributed by atoms with Gasteiger partial charge in [-0.15, -0.1) is 0 Å². The molecule has 1 fully saturated rings. The summed E-state index contributed by atoms with van der Waals surface area (Å²) in [5.74, 6) is 0. The molecule has 1 aromatic rings. The van der Waals surface area contributed by atoms with E-state index in [2.05, 4.69) is 26.0 Å². The summed E-state index contributed by atoms with van der Waals surface area (Å²) in [5, 5.41) is 0. The summed E-state index contributed by atoms with van der Waals surface area (Å²) >= 11 is 0. The van der Waals surface area contributed by atoms with E-state index >= 15 is 0 Å². The fourth-order valence-electron chi connectivity index (χ4n) is 2.54. The van der Waals surface area contributed by atoms with Crippen LogP contribution in [0.25, 0.3) is 0 Å². The molecule has 1 atom stereocenters. The van der Waals surface area contributed by atoms with Crippen molar-refractivity contribution in [1.82, 2.24) is 0 Å². The Kier molecular flexibility index (Phi) is 3.80. The first kappa shape index (κ1) is 13.9. The molecule has 104 valence electrons. The van der Waals surface area contributed by atoms with Crippen LogP contribution in [0.5, 0.6) is 0 Å². The number of nitrogens with zero attached hydrogens (tertiary/aromatic N) is 1. The molecule has 1 aromatic carbocycles. The summed E-state index contributed by atoms with van der Waals surface area (Å²) in [6.45, 7) is 6.94. The van der Waals surface area contributed by atoms with Crippen molar-refractivity contribution >= 4 is 11.8 Å². The molecular formula is C15H22N2O2. The molecule has 1 unspecified atom stereocenters. The normalized spacial score (nSPS) is 22.7. The number of ether oxygens (including phenoxy) is 1. The molecule has 0 aromatic heterocycles. The summed E-state index contributed by atoms with van der Waals surface area (Å²) in [4.78, 5) is 13.9. The maximum absolute atomic E-state index is 12.1. The van der Waals surface area contributed by atoms with E-state index in [9.17, 15) is 4.79 Å². The second-order valence-corrected chi connectivity index (χ2v) is 5.24. The smallest absolute Gasteiger partial charge is 0.415 e. The predicted molar refractivity (Wildman–Crippen MR) is 76.5 cm³/mol. The Balaban J connectivity index is 2.44. The number of hydrogen-bond acceptors (Lipinski definition) is 3. The molecule has 19 heavy (non-hydrogen) atoms. The molecule has 0 radical (unpaired) electrons. The van der Waals surface area contributed by atoms with Crippen molar-refractivity contribution in [2.75, 3.05) is 18.0 Å². The molecule has 0 spiro atoms. The fourth-order valence-corrected chi connectivity index (χ4v) is 2.54. The van der Waals surface area contributed by atoms with Gasteiger partial charge in [0.25, 0.3) is 0 Å². The molecule has 1 heterocycles. The molecule has 4 nitrogen and oxygen atoms in total. The van der Waals surface area contributed by atoms with Crippen LogP contribution in [0.2, 0.25) is 0 Å². The van der Waals surface area contributed by atoms with Crippen molar-refractivity contribution in [2.24, 2.45) is 5.73 Å². The molecule has 2 rings (SSSR count). The first-order valence-electron chi connectivity index (χ1n) is 6.86. The zero-order valence-corrected chi connectivity index (χ0v) is 11.9. The summed E-state index contributed by atoms with van der Waals surface area (Å²) in [6, 6.07) is 6.18. The number of para-hydroxylation sites is 1. The first-order valence-corrected chi connectivity index (χ1v) is 6.86. The highest BCUT2D eigenvalue weighted by Crippen LogP contribution is 2.33. The number of carbonyl (C=O) groups is 1. The Morgan fingerprint density at radius 2 is 1.89 bits per heavy atom. The van der Waals surface area contributed by atoms with Gasteiger partial charge in [-0.1, -0.05) is 32.0 Å². The first-order chi connectivity index (χ1) is 9.04. The molecule has 1 amide bonds. The van der Waals surface area contributed by atoms with Gasteiger partial charge in [-0.2, -0.15) is 0 Å². The van der Waals surface area contributed by atoms with Crippen molar-refractivity contribution in [1.29, 1.82) is 0 Å². The predicted octanol–water partition coefficient (Wildman–Crippen LogP) is 2.49. The van der Waals surface area contributed by atoms with Crippen molar-refractivity contribution in [3.63, 3.8) is 0 Å². The Hall–Kier alpha value is -1.55. The third-order valence-corrected chi connectivity index (χ3v) is 3.71. The summed E-state index contributed by atoms with van der Waals surface area (Å²) < 4.78 is 5.43. The number of nitrogens with two attached hydrogens (primary N) is 1. The average Bonchev–Trinajstić information content (AvgIpc) is 2.73. The van der Waals surface area contributed by atoms with Crippen molar-refractivity contribution in [3.05, 3.63) is 29.3 Å². The molecular weight excluding hydrogens is 240 g/mol. The van der Waals surface area contributed by atoms with Gasteiger partial charge in [0.2, 0.25) is 0 Å². The maximum atomic E-state index is 12.1. The largest absolute Gasteiger partial charge is 0.440 e. The standard InChI is InChI=1S/C15H22N2O2/c1-4-11-7-6-8-12(5-2)13(11)17-10-15(3,9-16)19-14(17)18/h6-8H,4-5,9-10,16H2,1-3H3. The number of amides is 1. The van der Waals surface area contributed by atoms with Gasteiger partial charge in [0.15, 0.2) is 0 Å². The molecule has 0 bridgehead atoms. The van der Waals surface area contributed by atoms with E-state index in [1.807, 2.05) is 13.0 Å². The molecule has 0 saturated carbocycles. The van der Waals surface area contributed by atoms with E-state index in [0.29, 0.717) is 13.1 Å². The van der Waals surface area contributed by atoms with Crippen molar-refractivity contribution in [3.8, 4) is 0 Å². The maximum Gasteiger partial charge on any atom is 0.415 e. The van der Waals surface area contributed by atoms with Gasteiger partial charge in [-0.25, -0.2) is 4.79 Å². The van der Waals surface area contributed by atoms with Gasteiger partial charge in [-0.3, -0.25) is 4.90 Å². The number of hydrogen-bond donors (Lipinski definition) is 1. The number of anilines is 1. The van der Waals surface area contributed by atoms with Crippen LogP contribution in [0.15, 0.2) is 18.2 Å². The highest BCUT2D eigenvalue weighted by Gasteiger charge is 2.42. The van der Waals surface area contributed by atoms with Crippen molar-refractivity contribution in [2.45, 2.75) is 39.2 Å². The summed E-state index contributed by atoms with van der Waals surface area (Å²) in [5.41, 5.74) is 8.49. The second-order valence-electron chi connectivity index (χ2n) is 5.24. The van der Waals surface area contributed by atoms with E-state index in [-0.39, 0.29) is 6.09 Å². The lowest BCUT2D eigenvalue weighted by Gasteiger charge is -2.22. The minimum Gasteiger partial charge on any atom is -0.440 e.